The van der Waals surface area contributed by atoms with Crippen LogP contribution in [0.5, 0.6) is 0 Å². The number of rotatable bonds is 1. The molecule has 6 heteroatoms. The summed E-state index contributed by atoms with van der Waals surface area (Å²) in [6, 6.07) is 0. The van der Waals surface area contributed by atoms with Crippen LogP contribution in [-0.4, -0.2) is 4.98 Å². The molecule has 0 atom stereocenters. The van der Waals surface area contributed by atoms with Crippen LogP contribution >= 0.6 is 11.3 Å². The van der Waals surface area contributed by atoms with Crippen molar-refractivity contribution in [2.24, 2.45) is 0 Å². The fourth-order valence-electron chi connectivity index (χ4n) is 0.500. The first-order valence-electron chi connectivity index (χ1n) is 2.62. The second-order valence-electron chi connectivity index (χ2n) is 1.76. The molecule has 0 fully saturated rings. The van der Waals surface area contributed by atoms with Gasteiger partial charge in [-0.15, -0.1) is 11.3 Å². The molecule has 1 nitrogen and oxygen atoms in total. The van der Waals surface area contributed by atoms with Gasteiger partial charge in [0.25, 0.3) is 0 Å². The molecule has 0 aliphatic heterocycles. The third kappa shape index (κ3) is 1.89. The van der Waals surface area contributed by atoms with Crippen molar-refractivity contribution in [1.29, 1.82) is 0 Å². The highest BCUT2D eigenvalue weighted by molar-refractivity contribution is 7.11. The number of alkyl halides is 4. The van der Waals surface area contributed by atoms with Crippen molar-refractivity contribution in [3.05, 3.63) is 16.1 Å². The van der Waals surface area contributed by atoms with Gasteiger partial charge in [-0.25, -0.2) is 9.37 Å². The monoisotopic (exact) mass is 185 g/mol. The minimum atomic E-state index is -4.45. The molecule has 1 aromatic rings. The maximum atomic E-state index is 11.8. The zero-order chi connectivity index (χ0) is 8.48. The smallest absolute Gasteiger partial charge is 0.245 e. The average Bonchev–Trinajstić information content (AvgIpc) is 2.32. The lowest BCUT2D eigenvalue weighted by Gasteiger charge is -1.98. The van der Waals surface area contributed by atoms with E-state index in [0.717, 1.165) is 6.20 Å². The molecule has 0 aliphatic rings. The van der Waals surface area contributed by atoms with Crippen molar-refractivity contribution >= 4 is 11.3 Å². The summed E-state index contributed by atoms with van der Waals surface area (Å²) in [7, 11) is 0. The highest BCUT2D eigenvalue weighted by Crippen LogP contribution is 2.32. The summed E-state index contributed by atoms with van der Waals surface area (Å²) in [5.74, 6) is 0. The SMILES string of the molecule is FCc1cnc(C(F)(F)F)s1. The Labute approximate surface area is 63.7 Å². The van der Waals surface area contributed by atoms with E-state index in [-0.39, 0.29) is 4.88 Å². The molecule has 0 unspecified atom stereocenters. The number of thiazole rings is 1. The van der Waals surface area contributed by atoms with Crippen LogP contribution in [0.25, 0.3) is 0 Å². The number of aromatic nitrogens is 1. The van der Waals surface area contributed by atoms with Gasteiger partial charge in [-0.2, -0.15) is 13.2 Å². The lowest BCUT2D eigenvalue weighted by Crippen LogP contribution is -2.02. The highest BCUT2D eigenvalue weighted by Gasteiger charge is 2.34. The molecule has 0 bridgehead atoms. The second kappa shape index (κ2) is 2.77. The summed E-state index contributed by atoms with van der Waals surface area (Å²) in [5, 5.41) is -0.995. The first kappa shape index (κ1) is 8.45. The topological polar surface area (TPSA) is 12.9 Å². The van der Waals surface area contributed by atoms with Crippen LogP contribution < -0.4 is 0 Å². The maximum absolute atomic E-state index is 11.8. The normalized spacial score (nSPS) is 12.0. The third-order valence-electron chi connectivity index (χ3n) is 0.928. The van der Waals surface area contributed by atoms with Crippen LogP contribution in [0.4, 0.5) is 17.6 Å². The largest absolute Gasteiger partial charge is 0.443 e. The van der Waals surface area contributed by atoms with Gasteiger partial charge in [0.15, 0.2) is 5.01 Å². The maximum Gasteiger partial charge on any atom is 0.443 e. The molecular weight excluding hydrogens is 182 g/mol. The van der Waals surface area contributed by atoms with Gasteiger partial charge in [-0.1, -0.05) is 0 Å². The number of hydrogen-bond donors (Lipinski definition) is 0. The van der Waals surface area contributed by atoms with Crippen LogP contribution in [-0.2, 0) is 12.9 Å². The van der Waals surface area contributed by atoms with E-state index in [1.165, 1.54) is 0 Å². The standard InChI is InChI=1S/C5H3F4NS/c6-1-3-2-10-4(11-3)5(7,8)9/h2H,1H2. The lowest BCUT2D eigenvalue weighted by atomic mass is 10.6. The van der Waals surface area contributed by atoms with Crippen LogP contribution in [0.2, 0.25) is 0 Å². The number of nitrogens with zero attached hydrogens (tertiary/aromatic N) is 1. The number of hydrogen-bond acceptors (Lipinski definition) is 2. The molecular formula is C5H3F4NS. The molecule has 0 amide bonds. The van der Waals surface area contributed by atoms with E-state index >= 15 is 0 Å². The Morgan fingerprint density at radius 3 is 2.36 bits per heavy atom. The van der Waals surface area contributed by atoms with Crippen molar-refractivity contribution in [2.75, 3.05) is 0 Å². The molecule has 11 heavy (non-hydrogen) atoms. The average molecular weight is 185 g/mol. The van der Waals surface area contributed by atoms with Crippen LogP contribution in [0.1, 0.15) is 9.88 Å². The van der Waals surface area contributed by atoms with E-state index < -0.39 is 17.9 Å². The summed E-state index contributed by atoms with van der Waals surface area (Å²) in [4.78, 5) is 3.01. The van der Waals surface area contributed by atoms with Crippen molar-refractivity contribution < 1.29 is 17.6 Å². The van der Waals surface area contributed by atoms with Crippen molar-refractivity contribution in [3.63, 3.8) is 0 Å². The Kier molecular flexibility index (Phi) is 2.12. The van der Waals surface area contributed by atoms with Gasteiger partial charge in [0, 0.05) is 6.20 Å². The van der Waals surface area contributed by atoms with Crippen LogP contribution in [0.3, 0.4) is 0 Å². The Hall–Kier alpha value is -0.650. The summed E-state index contributed by atoms with van der Waals surface area (Å²) in [5.41, 5.74) is 0. The third-order valence-corrected chi connectivity index (χ3v) is 1.93. The molecule has 0 spiro atoms. The van der Waals surface area contributed by atoms with Crippen molar-refractivity contribution in [2.45, 2.75) is 12.9 Å². The first-order valence-corrected chi connectivity index (χ1v) is 3.43. The molecule has 0 aliphatic carbocycles. The summed E-state index contributed by atoms with van der Waals surface area (Å²) in [6.07, 6.45) is -3.55. The summed E-state index contributed by atoms with van der Waals surface area (Å²) >= 11 is 0.329. The van der Waals surface area contributed by atoms with Crippen molar-refractivity contribution in [3.8, 4) is 0 Å². The van der Waals surface area contributed by atoms with E-state index in [9.17, 15) is 17.6 Å². The van der Waals surface area contributed by atoms with E-state index in [4.69, 9.17) is 0 Å². The predicted molar refractivity (Wildman–Crippen MR) is 31.9 cm³/mol. The zero-order valence-electron chi connectivity index (χ0n) is 5.15. The van der Waals surface area contributed by atoms with Gasteiger partial charge in [-0.05, 0) is 0 Å². The molecule has 1 heterocycles. The Balaban J connectivity index is 2.89. The first-order chi connectivity index (χ1) is 5.04. The van der Waals surface area contributed by atoms with Gasteiger partial charge in [0.2, 0.25) is 0 Å². The van der Waals surface area contributed by atoms with Gasteiger partial charge >= 0.3 is 6.18 Å². The second-order valence-corrected chi connectivity index (χ2v) is 2.88. The zero-order valence-corrected chi connectivity index (χ0v) is 5.97. The molecule has 0 aromatic carbocycles. The summed E-state index contributed by atoms with van der Waals surface area (Å²) in [6.45, 7) is -0.895. The van der Waals surface area contributed by atoms with Crippen LogP contribution in [0, 0.1) is 0 Å². The predicted octanol–water partition coefficient (Wildman–Crippen LogP) is 2.63. The van der Waals surface area contributed by atoms with Gasteiger partial charge in [-0.3, -0.25) is 0 Å². The quantitative estimate of drug-likeness (QED) is 0.613. The molecule has 1 aromatic heterocycles. The minimum absolute atomic E-state index is 0.00248. The fourth-order valence-corrected chi connectivity index (χ4v) is 1.13. The molecule has 0 N–H and O–H groups in total. The van der Waals surface area contributed by atoms with Gasteiger partial charge in [0.05, 0.1) is 4.88 Å². The highest BCUT2D eigenvalue weighted by atomic mass is 32.1. The minimum Gasteiger partial charge on any atom is -0.245 e. The van der Waals surface area contributed by atoms with E-state index in [1.54, 1.807) is 0 Å². The van der Waals surface area contributed by atoms with E-state index in [0.29, 0.717) is 11.3 Å². The van der Waals surface area contributed by atoms with Gasteiger partial charge < -0.3 is 0 Å². The molecule has 0 saturated carbocycles. The molecule has 0 saturated heterocycles. The fraction of sp³-hybridized carbons (Fsp3) is 0.400. The molecule has 0 radical (unpaired) electrons. The summed E-state index contributed by atoms with van der Waals surface area (Å²) < 4.78 is 47.0. The lowest BCUT2D eigenvalue weighted by molar-refractivity contribution is -0.137. The Morgan fingerprint density at radius 2 is 2.09 bits per heavy atom. The van der Waals surface area contributed by atoms with Crippen molar-refractivity contribution in [1.82, 2.24) is 4.98 Å². The molecule has 62 valence electrons. The Morgan fingerprint density at radius 1 is 1.45 bits per heavy atom. The van der Waals surface area contributed by atoms with E-state index in [1.807, 2.05) is 0 Å². The van der Waals surface area contributed by atoms with Crippen LogP contribution in [0.15, 0.2) is 6.20 Å². The molecule has 1 rings (SSSR count). The van der Waals surface area contributed by atoms with E-state index in [2.05, 4.69) is 4.98 Å². The van der Waals surface area contributed by atoms with Gasteiger partial charge in [0.1, 0.15) is 6.67 Å². The Bertz CT molecular complexity index is 241. The number of halogens is 4.